The number of hydrogen-bond donors (Lipinski definition) is 1. The van der Waals surface area contributed by atoms with Crippen LogP contribution in [0.25, 0.3) is 0 Å². The fourth-order valence-corrected chi connectivity index (χ4v) is 3.97. The minimum atomic E-state index is -0.618. The first-order valence-corrected chi connectivity index (χ1v) is 10.6. The molecule has 4 rings (SSSR count). The highest BCUT2D eigenvalue weighted by Gasteiger charge is 2.36. The Balaban J connectivity index is 1.43. The summed E-state index contributed by atoms with van der Waals surface area (Å²) < 4.78 is 22.7. The summed E-state index contributed by atoms with van der Waals surface area (Å²) in [5, 5.41) is 2.96. The molecule has 1 amide bonds. The first kappa shape index (κ1) is 21.6. The molecule has 0 radical (unpaired) electrons. The van der Waals surface area contributed by atoms with E-state index in [2.05, 4.69) is 5.32 Å². The van der Waals surface area contributed by atoms with E-state index in [1.807, 2.05) is 60.7 Å². The molecule has 0 saturated carbocycles. The standard InChI is InChI=1S/C26H27NO5/c1-29-22-13-8-14-23(30-2)25(22)31-16-15-27-26(28)24-20(18-9-4-3-5-10-18)17-19-11-6-7-12-21(19)32-24/h3-14,20,24H,15-17H2,1-2H3,(H,27,28)/t20-,24+/m0/s1. The number of hydrogen-bond acceptors (Lipinski definition) is 5. The summed E-state index contributed by atoms with van der Waals surface area (Å²) in [5.41, 5.74) is 2.19. The normalized spacial score (nSPS) is 16.9. The fourth-order valence-electron chi connectivity index (χ4n) is 3.97. The summed E-state index contributed by atoms with van der Waals surface area (Å²) in [7, 11) is 3.15. The number of rotatable bonds is 8. The van der Waals surface area contributed by atoms with Gasteiger partial charge in [-0.3, -0.25) is 4.79 Å². The number of carbonyl (C=O) groups is 1. The summed E-state index contributed by atoms with van der Waals surface area (Å²) >= 11 is 0. The third kappa shape index (κ3) is 4.64. The van der Waals surface area contributed by atoms with E-state index in [0.717, 1.165) is 23.3 Å². The fraction of sp³-hybridized carbons (Fsp3) is 0.269. The lowest BCUT2D eigenvalue weighted by Gasteiger charge is -2.33. The van der Waals surface area contributed by atoms with Crippen LogP contribution in [0.3, 0.4) is 0 Å². The van der Waals surface area contributed by atoms with Crippen LogP contribution in [-0.2, 0) is 11.2 Å². The second-order valence-electron chi connectivity index (χ2n) is 7.50. The van der Waals surface area contributed by atoms with Crippen LogP contribution in [0.15, 0.2) is 72.8 Å². The number of amides is 1. The maximum atomic E-state index is 13.1. The predicted octanol–water partition coefficient (Wildman–Crippen LogP) is 3.99. The number of nitrogens with one attached hydrogen (secondary N) is 1. The van der Waals surface area contributed by atoms with Gasteiger partial charge in [-0.25, -0.2) is 0 Å². The van der Waals surface area contributed by atoms with Gasteiger partial charge < -0.3 is 24.3 Å². The zero-order chi connectivity index (χ0) is 22.3. The van der Waals surface area contributed by atoms with Crippen molar-refractivity contribution in [1.29, 1.82) is 0 Å². The van der Waals surface area contributed by atoms with Gasteiger partial charge in [-0.2, -0.15) is 0 Å². The van der Waals surface area contributed by atoms with Crippen molar-refractivity contribution in [2.75, 3.05) is 27.4 Å². The van der Waals surface area contributed by atoms with Gasteiger partial charge >= 0.3 is 0 Å². The summed E-state index contributed by atoms with van der Waals surface area (Å²) in [6.45, 7) is 0.588. The molecule has 0 unspecified atom stereocenters. The summed E-state index contributed by atoms with van der Waals surface area (Å²) in [6, 6.07) is 23.3. The van der Waals surface area contributed by atoms with Crippen molar-refractivity contribution in [3.63, 3.8) is 0 Å². The molecule has 3 aromatic carbocycles. The highest BCUT2D eigenvalue weighted by molar-refractivity contribution is 5.83. The Kier molecular flexibility index (Phi) is 6.80. The van der Waals surface area contributed by atoms with E-state index >= 15 is 0 Å². The first-order chi connectivity index (χ1) is 15.7. The highest BCUT2D eigenvalue weighted by atomic mass is 16.5. The minimum absolute atomic E-state index is 0.0682. The third-order valence-electron chi connectivity index (χ3n) is 5.55. The van der Waals surface area contributed by atoms with E-state index in [1.165, 1.54) is 0 Å². The molecule has 0 spiro atoms. The van der Waals surface area contributed by atoms with Crippen LogP contribution in [0, 0.1) is 0 Å². The van der Waals surface area contributed by atoms with Gasteiger partial charge in [0.2, 0.25) is 5.75 Å². The largest absolute Gasteiger partial charge is 0.493 e. The first-order valence-electron chi connectivity index (χ1n) is 10.6. The van der Waals surface area contributed by atoms with Crippen molar-refractivity contribution in [2.45, 2.75) is 18.4 Å². The van der Waals surface area contributed by atoms with Crippen molar-refractivity contribution in [1.82, 2.24) is 5.32 Å². The van der Waals surface area contributed by atoms with Crippen LogP contribution >= 0.6 is 0 Å². The molecule has 6 heteroatoms. The Morgan fingerprint density at radius 3 is 2.34 bits per heavy atom. The number of benzene rings is 3. The number of para-hydroxylation sites is 2. The molecule has 0 aliphatic carbocycles. The van der Waals surface area contributed by atoms with Gasteiger partial charge in [0, 0.05) is 5.92 Å². The minimum Gasteiger partial charge on any atom is -0.493 e. The Labute approximate surface area is 188 Å². The Morgan fingerprint density at radius 1 is 0.938 bits per heavy atom. The molecular weight excluding hydrogens is 406 g/mol. The second kappa shape index (κ2) is 10.1. The number of carbonyl (C=O) groups excluding carboxylic acids is 1. The molecule has 1 aliphatic heterocycles. The van der Waals surface area contributed by atoms with E-state index in [4.69, 9.17) is 18.9 Å². The van der Waals surface area contributed by atoms with E-state index in [-0.39, 0.29) is 18.4 Å². The van der Waals surface area contributed by atoms with Crippen molar-refractivity contribution in [3.05, 3.63) is 83.9 Å². The van der Waals surface area contributed by atoms with Crippen LogP contribution in [-0.4, -0.2) is 39.4 Å². The molecule has 0 fully saturated rings. The predicted molar refractivity (Wildman–Crippen MR) is 122 cm³/mol. The third-order valence-corrected chi connectivity index (χ3v) is 5.55. The van der Waals surface area contributed by atoms with Gasteiger partial charge in [-0.05, 0) is 35.7 Å². The van der Waals surface area contributed by atoms with Crippen LogP contribution in [0.4, 0.5) is 0 Å². The topological polar surface area (TPSA) is 66.0 Å². The van der Waals surface area contributed by atoms with Gasteiger partial charge in [0.25, 0.3) is 5.91 Å². The van der Waals surface area contributed by atoms with Gasteiger partial charge in [-0.1, -0.05) is 54.6 Å². The molecule has 0 aromatic heterocycles. The van der Waals surface area contributed by atoms with Crippen LogP contribution in [0.2, 0.25) is 0 Å². The monoisotopic (exact) mass is 433 g/mol. The molecule has 1 aliphatic rings. The summed E-state index contributed by atoms with van der Waals surface area (Å²) in [6.07, 6.45) is 0.126. The van der Waals surface area contributed by atoms with Crippen LogP contribution in [0.1, 0.15) is 17.0 Å². The molecule has 1 N–H and O–H groups in total. The Hall–Kier alpha value is -3.67. The molecule has 6 nitrogen and oxygen atoms in total. The van der Waals surface area contributed by atoms with Gasteiger partial charge in [0.1, 0.15) is 12.4 Å². The van der Waals surface area contributed by atoms with E-state index in [1.54, 1.807) is 26.4 Å². The second-order valence-corrected chi connectivity index (χ2v) is 7.50. The Bertz CT molecular complexity index is 1030. The van der Waals surface area contributed by atoms with Crippen molar-refractivity contribution >= 4 is 5.91 Å². The average Bonchev–Trinajstić information content (AvgIpc) is 2.86. The molecule has 1 heterocycles. The van der Waals surface area contributed by atoms with Crippen molar-refractivity contribution < 1.29 is 23.7 Å². The molecular formula is C26H27NO5. The lowest BCUT2D eigenvalue weighted by Crippen LogP contribution is -2.46. The smallest absolute Gasteiger partial charge is 0.261 e. The SMILES string of the molecule is COc1cccc(OC)c1OCCNC(=O)[C@@H]1Oc2ccccc2C[C@H]1c1ccccc1. The van der Waals surface area contributed by atoms with Gasteiger partial charge in [0.15, 0.2) is 17.6 Å². The van der Waals surface area contributed by atoms with Gasteiger partial charge in [-0.15, -0.1) is 0 Å². The molecule has 2 atom stereocenters. The number of fused-ring (bicyclic) bond motifs is 1. The summed E-state index contributed by atoms with van der Waals surface area (Å²) in [4.78, 5) is 13.1. The van der Waals surface area contributed by atoms with E-state index in [9.17, 15) is 4.79 Å². The van der Waals surface area contributed by atoms with Crippen LogP contribution in [0.5, 0.6) is 23.0 Å². The number of methoxy groups -OCH3 is 2. The molecule has 3 aromatic rings. The van der Waals surface area contributed by atoms with Crippen molar-refractivity contribution in [2.24, 2.45) is 0 Å². The summed E-state index contributed by atoms with van der Waals surface area (Å²) in [5.74, 6) is 2.19. The van der Waals surface area contributed by atoms with E-state index in [0.29, 0.717) is 23.8 Å². The average molecular weight is 434 g/mol. The maximum Gasteiger partial charge on any atom is 0.261 e. The zero-order valence-corrected chi connectivity index (χ0v) is 18.2. The molecule has 32 heavy (non-hydrogen) atoms. The zero-order valence-electron chi connectivity index (χ0n) is 18.2. The lowest BCUT2D eigenvalue weighted by molar-refractivity contribution is -0.129. The molecule has 0 bridgehead atoms. The molecule has 0 saturated heterocycles. The number of ether oxygens (including phenoxy) is 4. The highest BCUT2D eigenvalue weighted by Crippen LogP contribution is 2.37. The van der Waals surface area contributed by atoms with Gasteiger partial charge in [0.05, 0.1) is 20.8 Å². The Morgan fingerprint density at radius 2 is 1.62 bits per heavy atom. The van der Waals surface area contributed by atoms with E-state index < -0.39 is 6.10 Å². The van der Waals surface area contributed by atoms with Crippen molar-refractivity contribution in [3.8, 4) is 23.0 Å². The molecule has 166 valence electrons. The maximum absolute atomic E-state index is 13.1. The quantitative estimate of drug-likeness (QED) is 0.544. The van der Waals surface area contributed by atoms with Crippen LogP contribution < -0.4 is 24.3 Å². The lowest BCUT2D eigenvalue weighted by atomic mass is 9.84.